The Balaban J connectivity index is 0.00000676. The van der Waals surface area contributed by atoms with Crippen LogP contribution in [0.15, 0.2) is 29.4 Å². The van der Waals surface area contributed by atoms with Crippen molar-refractivity contribution in [3.05, 3.63) is 30.1 Å². The second-order valence-corrected chi connectivity index (χ2v) is 6.56. The molecule has 1 rings (SSSR count). The highest BCUT2D eigenvalue weighted by atomic mass is 127. The third kappa shape index (κ3) is 12.6. The maximum absolute atomic E-state index is 12.2. The molecule has 0 aliphatic rings. The molecule has 0 atom stereocenters. The van der Waals surface area contributed by atoms with E-state index in [0.29, 0.717) is 18.4 Å². The van der Waals surface area contributed by atoms with E-state index in [9.17, 15) is 4.79 Å². The van der Waals surface area contributed by atoms with E-state index >= 15 is 0 Å². The summed E-state index contributed by atoms with van der Waals surface area (Å²) in [5.41, 5.74) is 0.984. The van der Waals surface area contributed by atoms with Gasteiger partial charge in [0, 0.05) is 58.7 Å². The maximum Gasteiger partial charge on any atom is 0.241 e. The van der Waals surface area contributed by atoms with Crippen molar-refractivity contribution >= 4 is 35.8 Å². The summed E-state index contributed by atoms with van der Waals surface area (Å²) in [6.07, 6.45) is 3.40. The molecule has 0 aromatic carbocycles. The fourth-order valence-corrected chi connectivity index (χ4v) is 2.17. The van der Waals surface area contributed by atoms with Crippen molar-refractivity contribution in [2.75, 3.05) is 46.9 Å². The van der Waals surface area contributed by atoms with E-state index < -0.39 is 0 Å². The fourth-order valence-electron chi connectivity index (χ4n) is 2.17. The van der Waals surface area contributed by atoms with E-state index in [1.165, 1.54) is 0 Å². The smallest absolute Gasteiger partial charge is 0.241 e. The summed E-state index contributed by atoms with van der Waals surface area (Å²) in [5, 5.41) is 6.24. The Morgan fingerprint density at radius 2 is 2.11 bits per heavy atom. The number of hydrogen-bond acceptors (Lipinski definition) is 4. The van der Waals surface area contributed by atoms with Crippen LogP contribution < -0.4 is 10.6 Å². The molecule has 0 fully saturated rings. The number of aromatic nitrogens is 1. The Morgan fingerprint density at radius 3 is 2.74 bits per heavy atom. The number of amides is 1. The zero-order valence-electron chi connectivity index (χ0n) is 16.9. The third-order valence-corrected chi connectivity index (χ3v) is 3.70. The molecule has 8 heteroatoms. The molecular weight excluding hydrogens is 457 g/mol. The first-order chi connectivity index (χ1) is 12.5. The van der Waals surface area contributed by atoms with Gasteiger partial charge in [-0.2, -0.15) is 0 Å². The van der Waals surface area contributed by atoms with Gasteiger partial charge in [0.15, 0.2) is 5.96 Å². The van der Waals surface area contributed by atoms with Crippen LogP contribution in [0.1, 0.15) is 26.0 Å². The monoisotopic (exact) mass is 491 g/mol. The molecule has 1 aromatic heterocycles. The van der Waals surface area contributed by atoms with Gasteiger partial charge in [-0.25, -0.2) is 0 Å². The number of likely N-dealkylation sites (N-methyl/N-ethyl adjacent to an activating group) is 1. The summed E-state index contributed by atoms with van der Waals surface area (Å²) in [7, 11) is 3.50. The van der Waals surface area contributed by atoms with Crippen molar-refractivity contribution in [2.45, 2.75) is 26.7 Å². The minimum absolute atomic E-state index is 0. The van der Waals surface area contributed by atoms with E-state index in [4.69, 9.17) is 4.74 Å². The molecule has 2 N–H and O–H groups in total. The van der Waals surface area contributed by atoms with E-state index in [-0.39, 0.29) is 36.4 Å². The predicted octanol–water partition coefficient (Wildman–Crippen LogP) is 1.93. The number of carbonyl (C=O) groups is 1. The normalized spacial score (nSPS) is 11.1. The fraction of sp³-hybridized carbons (Fsp3) is 0.632. The molecule has 0 radical (unpaired) electrons. The second kappa shape index (κ2) is 15.6. The van der Waals surface area contributed by atoms with Gasteiger partial charge in [0.25, 0.3) is 0 Å². The molecule has 154 valence electrons. The first-order valence-corrected chi connectivity index (χ1v) is 9.19. The molecular formula is C19H34IN5O2. The minimum Gasteiger partial charge on any atom is -0.381 e. The molecule has 1 heterocycles. The lowest BCUT2D eigenvalue weighted by atomic mass is 10.2. The number of halogens is 1. The van der Waals surface area contributed by atoms with E-state index in [1.54, 1.807) is 25.2 Å². The molecule has 27 heavy (non-hydrogen) atoms. The number of hydrogen-bond donors (Lipinski definition) is 2. The minimum atomic E-state index is 0. The summed E-state index contributed by atoms with van der Waals surface area (Å²) in [6.45, 7) is 7.37. The van der Waals surface area contributed by atoms with Crippen LogP contribution in [0, 0.1) is 5.92 Å². The van der Waals surface area contributed by atoms with Crippen LogP contribution >= 0.6 is 24.0 Å². The van der Waals surface area contributed by atoms with E-state index in [1.807, 2.05) is 18.2 Å². The lowest BCUT2D eigenvalue weighted by Gasteiger charge is -2.18. The molecule has 0 aliphatic carbocycles. The first-order valence-electron chi connectivity index (χ1n) is 9.19. The van der Waals surface area contributed by atoms with Crippen LogP contribution in [-0.4, -0.2) is 68.7 Å². The number of nitrogens with zero attached hydrogens (tertiary/aromatic N) is 3. The number of ether oxygens (including phenoxy) is 1. The van der Waals surface area contributed by atoms with Gasteiger partial charge in [0.1, 0.15) is 0 Å². The van der Waals surface area contributed by atoms with Crippen molar-refractivity contribution in [1.82, 2.24) is 20.5 Å². The molecule has 0 saturated carbocycles. The first kappa shape index (κ1) is 25.6. The second-order valence-electron chi connectivity index (χ2n) is 6.56. The number of nitrogens with one attached hydrogen (secondary N) is 2. The third-order valence-electron chi connectivity index (χ3n) is 3.70. The number of aliphatic imine (C=N–C) groups is 1. The Hall–Kier alpha value is -1.42. The maximum atomic E-state index is 12.2. The summed E-state index contributed by atoms with van der Waals surface area (Å²) < 4.78 is 5.54. The summed E-state index contributed by atoms with van der Waals surface area (Å²) in [4.78, 5) is 22.3. The highest BCUT2D eigenvalue weighted by Crippen LogP contribution is 1.97. The van der Waals surface area contributed by atoms with Crippen LogP contribution in [0.25, 0.3) is 0 Å². The van der Waals surface area contributed by atoms with Gasteiger partial charge in [0.2, 0.25) is 5.91 Å². The molecule has 1 aromatic rings. The molecule has 1 amide bonds. The molecule has 7 nitrogen and oxygen atoms in total. The van der Waals surface area contributed by atoms with E-state index in [0.717, 1.165) is 38.3 Å². The Labute approximate surface area is 180 Å². The predicted molar refractivity (Wildman–Crippen MR) is 121 cm³/mol. The molecule has 0 aliphatic heterocycles. The number of rotatable bonds is 11. The Bertz CT molecular complexity index is 540. The number of guanidine groups is 1. The molecule has 0 unspecified atom stereocenters. The zero-order valence-corrected chi connectivity index (χ0v) is 19.2. The summed E-state index contributed by atoms with van der Waals surface area (Å²) in [5.74, 6) is 1.20. The van der Waals surface area contributed by atoms with E-state index in [2.05, 4.69) is 34.5 Å². The molecule has 0 spiro atoms. The summed E-state index contributed by atoms with van der Waals surface area (Å²) >= 11 is 0. The molecule has 0 bridgehead atoms. The quantitative estimate of drug-likeness (QED) is 0.214. The van der Waals surface area contributed by atoms with Gasteiger partial charge in [-0.15, -0.1) is 24.0 Å². The van der Waals surface area contributed by atoms with Gasteiger partial charge < -0.3 is 20.3 Å². The standard InChI is InChI=1S/C19H33N5O2.HI/c1-16(2)15-26-13-7-11-22-19(20-3)23-14-18(25)24(4)12-9-17-8-5-6-10-21-17;/h5-6,8,10,16H,7,9,11-15H2,1-4H3,(H2,20,22,23);1H. The SMILES string of the molecule is CN=C(NCCCOCC(C)C)NCC(=O)N(C)CCc1ccccn1.I. The van der Waals surface area contributed by atoms with Gasteiger partial charge in [-0.3, -0.25) is 14.8 Å². The highest BCUT2D eigenvalue weighted by molar-refractivity contribution is 14.0. The topological polar surface area (TPSA) is 78.9 Å². The van der Waals surface area contributed by atoms with Gasteiger partial charge in [-0.05, 0) is 24.5 Å². The van der Waals surface area contributed by atoms with Crippen LogP contribution in [0.3, 0.4) is 0 Å². The van der Waals surface area contributed by atoms with Crippen LogP contribution in [0.2, 0.25) is 0 Å². The van der Waals surface area contributed by atoms with Gasteiger partial charge >= 0.3 is 0 Å². The molecule has 0 saturated heterocycles. The average Bonchev–Trinajstić information content (AvgIpc) is 2.65. The number of carbonyl (C=O) groups excluding carboxylic acids is 1. The number of pyridine rings is 1. The zero-order chi connectivity index (χ0) is 19.2. The highest BCUT2D eigenvalue weighted by Gasteiger charge is 2.09. The Kier molecular flexibility index (Phi) is 14.8. The van der Waals surface area contributed by atoms with Crippen molar-refractivity contribution < 1.29 is 9.53 Å². The van der Waals surface area contributed by atoms with Crippen molar-refractivity contribution in [1.29, 1.82) is 0 Å². The van der Waals surface area contributed by atoms with Gasteiger partial charge in [-0.1, -0.05) is 19.9 Å². The van der Waals surface area contributed by atoms with Crippen molar-refractivity contribution in [3.63, 3.8) is 0 Å². The van der Waals surface area contributed by atoms with Crippen molar-refractivity contribution in [3.8, 4) is 0 Å². The van der Waals surface area contributed by atoms with Crippen LogP contribution in [0.5, 0.6) is 0 Å². The lowest BCUT2D eigenvalue weighted by molar-refractivity contribution is -0.128. The average molecular weight is 491 g/mol. The van der Waals surface area contributed by atoms with Crippen molar-refractivity contribution in [2.24, 2.45) is 10.9 Å². The lowest BCUT2D eigenvalue weighted by Crippen LogP contribution is -2.44. The Morgan fingerprint density at radius 1 is 1.33 bits per heavy atom. The summed E-state index contributed by atoms with van der Waals surface area (Å²) in [6, 6.07) is 5.81. The van der Waals surface area contributed by atoms with Crippen LogP contribution in [-0.2, 0) is 16.0 Å². The van der Waals surface area contributed by atoms with Crippen LogP contribution in [0.4, 0.5) is 0 Å². The largest absolute Gasteiger partial charge is 0.381 e. The van der Waals surface area contributed by atoms with Gasteiger partial charge in [0.05, 0.1) is 6.54 Å².